The Labute approximate surface area is 447 Å². The molecular weight excluding hydrogens is 935 g/mol. The fourth-order valence-electron chi connectivity index (χ4n) is 9.01. The third-order valence-corrected chi connectivity index (χ3v) is 15.3. The number of nitrogens with one attached hydrogen (secondary N) is 3. The second-order valence-corrected chi connectivity index (χ2v) is 22.1. The number of thiophene rings is 1. The van der Waals surface area contributed by atoms with E-state index in [-0.39, 0.29) is 67.7 Å². The number of nitrogens with zero attached hydrogens (tertiary/aromatic N) is 5. The van der Waals surface area contributed by atoms with Crippen molar-refractivity contribution < 1.29 is 87.5 Å². The van der Waals surface area contributed by atoms with Gasteiger partial charge in [-0.1, -0.05) is 41.5 Å². The Morgan fingerprint density at radius 1 is 0.955 bits per heavy atom. The molecule has 0 aromatic carbocycles. The number of rotatable bonds is 12. The minimum Gasteiger partial charge on any atom is -1.00 e. The van der Waals surface area contributed by atoms with Crippen molar-refractivity contribution in [2.75, 3.05) is 101 Å². The molecule has 4 fully saturated rings. The van der Waals surface area contributed by atoms with Crippen LogP contribution >= 0.6 is 22.9 Å². The monoisotopic (exact) mass is 1010 g/mol. The van der Waals surface area contributed by atoms with Crippen LogP contribution in [0.1, 0.15) is 97.4 Å². The number of morpholine rings is 1. The van der Waals surface area contributed by atoms with Gasteiger partial charge in [-0.25, -0.2) is 23.4 Å². The molecule has 3 aromatic heterocycles. The first-order valence-corrected chi connectivity index (χ1v) is 26.9. The van der Waals surface area contributed by atoms with Gasteiger partial charge in [0, 0.05) is 41.8 Å². The number of aromatic nitrogens is 3. The zero-order chi connectivity index (χ0) is 47.0. The number of halogens is 4. The molecule has 370 valence electrons. The van der Waals surface area contributed by atoms with Crippen molar-refractivity contribution in [3.8, 4) is 17.1 Å². The summed E-state index contributed by atoms with van der Waals surface area (Å²) in [6, 6.07) is 1.74. The first kappa shape index (κ1) is 61.3. The Balaban J connectivity index is 0.000000450. The standard InChI is InChI=1S/C27H38N6O4S2.C10H21N.C8H17N.CH2BClF2.FH.K/c1-17(2)19-6-8-32(9-7-19)16-21-18(3)38-25-23(29-27(30-24(21)25)33-10-12-37-13-11-33)20-14-22(31-39(5,34)35)26(36-4)28-15-20;1-4-11-7-5-10(6-8-11)9(2)3;1-7(2)8-3-5-9-6-4-8;3-1-2(4)5;;/h14-15,17,19,31H,6-13,16H2,1-5H3;9-10H,4-8H2,1-3H3;7-9H,3-6H2,1-2H3;1H2;1H;/q;;;;;+1. The number of likely N-dealkylation sites (tertiary alicyclic amines) is 2. The molecule has 12 nitrogen and oxygen atoms in total. The molecule has 0 unspecified atom stereocenters. The third kappa shape index (κ3) is 19.8. The van der Waals surface area contributed by atoms with Gasteiger partial charge < -0.3 is 29.3 Å². The van der Waals surface area contributed by atoms with E-state index in [1.807, 2.05) is 4.90 Å². The minimum absolute atomic E-state index is 0. The zero-order valence-electron chi connectivity index (χ0n) is 41.8. The summed E-state index contributed by atoms with van der Waals surface area (Å²) in [4.78, 5) is 22.3. The molecule has 0 spiro atoms. The van der Waals surface area contributed by atoms with Crippen LogP contribution in [0.5, 0.6) is 5.88 Å². The van der Waals surface area contributed by atoms with Gasteiger partial charge in [-0.3, -0.25) is 18.3 Å². The Bertz CT molecular complexity index is 1950. The SMILES string of the molecule is CC(C)C1CCNCC1.CC[NH+]1CCC(C(C)C)CC1.COc1ncc(-c2nc(N3CCOCC3)nc3c(CN4CCC(C(C)C)CC4)c(C)sc23)cc1NS(C)(=O)=O.FB(F)CCl.[F-].[K+]. The van der Waals surface area contributed by atoms with Gasteiger partial charge in [-0.05, 0) is 120 Å². The van der Waals surface area contributed by atoms with Crippen molar-refractivity contribution >= 4 is 62.1 Å². The molecule has 3 aromatic rings. The number of anilines is 2. The average Bonchev–Trinajstić information content (AvgIpc) is 3.60. The first-order chi connectivity index (χ1) is 30.4. The molecule has 0 saturated carbocycles. The third-order valence-electron chi connectivity index (χ3n) is 13.3. The van der Waals surface area contributed by atoms with E-state index in [0.717, 1.165) is 77.3 Å². The Morgan fingerprint density at radius 2 is 1.50 bits per heavy atom. The van der Waals surface area contributed by atoms with Gasteiger partial charge in [-0.15, -0.1) is 22.9 Å². The number of aryl methyl sites for hydroxylation is 1. The second kappa shape index (κ2) is 30.8. The van der Waals surface area contributed by atoms with Crippen LogP contribution < -0.4 is 80.7 Å². The van der Waals surface area contributed by atoms with Crippen LogP contribution in [0.15, 0.2) is 12.3 Å². The van der Waals surface area contributed by atoms with Gasteiger partial charge in [0.25, 0.3) is 0 Å². The van der Waals surface area contributed by atoms with E-state index in [2.05, 4.69) is 91.8 Å². The molecule has 0 radical (unpaired) electrons. The maximum Gasteiger partial charge on any atom is 1.00 e. The van der Waals surface area contributed by atoms with Gasteiger partial charge in [0.15, 0.2) is 0 Å². The number of methoxy groups -OCH3 is 1. The number of sulfonamides is 1. The van der Waals surface area contributed by atoms with E-state index < -0.39 is 23.1 Å². The molecule has 0 aliphatic carbocycles. The summed E-state index contributed by atoms with van der Waals surface area (Å²) in [5.41, 5.74) is 3.93. The number of quaternary nitrogens is 1. The van der Waals surface area contributed by atoms with Crippen LogP contribution in [0.25, 0.3) is 21.5 Å². The fraction of sp³-hybridized carbons (Fsp3) is 0.761. The van der Waals surface area contributed by atoms with Crippen molar-refractivity contribution in [1.82, 2.24) is 25.2 Å². The summed E-state index contributed by atoms with van der Waals surface area (Å²) < 4.78 is 59.8. The Morgan fingerprint density at radius 3 is 1.98 bits per heavy atom. The zero-order valence-corrected chi connectivity index (χ0v) is 47.3. The normalized spacial score (nSPS) is 19.7. The molecule has 4 saturated heterocycles. The number of hydrogen-bond donors (Lipinski definition) is 3. The van der Waals surface area contributed by atoms with Crippen molar-refractivity contribution in [2.45, 2.75) is 100 Å². The number of piperidine rings is 3. The van der Waals surface area contributed by atoms with Crippen molar-refractivity contribution in [3.63, 3.8) is 0 Å². The van der Waals surface area contributed by atoms with Gasteiger partial charge in [0.1, 0.15) is 5.69 Å². The Hall–Kier alpha value is -0.839. The number of alkyl halides is 1. The van der Waals surface area contributed by atoms with Crippen LogP contribution in [0.2, 0.25) is 0 Å². The van der Waals surface area contributed by atoms with Crippen LogP contribution in [-0.4, -0.2) is 127 Å². The summed E-state index contributed by atoms with van der Waals surface area (Å²) >= 11 is 6.27. The second-order valence-electron chi connectivity index (χ2n) is 18.9. The van der Waals surface area contributed by atoms with E-state index in [9.17, 15) is 17.0 Å². The van der Waals surface area contributed by atoms with Gasteiger partial charge in [0.2, 0.25) is 21.9 Å². The predicted molar refractivity (Wildman–Crippen MR) is 264 cm³/mol. The smallest absolute Gasteiger partial charge is 1.00 e. The van der Waals surface area contributed by atoms with Crippen LogP contribution in [-0.2, 0) is 21.3 Å². The maximum absolute atomic E-state index is 12.0. The molecule has 20 heteroatoms. The van der Waals surface area contributed by atoms with Gasteiger partial charge >= 0.3 is 58.7 Å². The molecule has 4 aliphatic heterocycles. The summed E-state index contributed by atoms with van der Waals surface area (Å²) in [6.45, 7) is 30.9. The molecule has 7 heterocycles. The first-order valence-electron chi connectivity index (χ1n) is 23.7. The van der Waals surface area contributed by atoms with Crippen LogP contribution in [0.4, 0.5) is 20.3 Å². The molecule has 3 N–H and O–H groups in total. The topological polar surface area (TPSA) is 126 Å². The van der Waals surface area contributed by atoms with E-state index in [1.54, 1.807) is 23.6 Å². The number of ether oxygens (including phenoxy) is 2. The summed E-state index contributed by atoms with van der Waals surface area (Å²) in [6.07, 6.45) is 10.9. The quantitative estimate of drug-likeness (QED) is 0.183. The summed E-state index contributed by atoms with van der Waals surface area (Å²) in [7, 11) is -4.42. The molecule has 0 amide bonds. The molecule has 66 heavy (non-hydrogen) atoms. The molecule has 7 rings (SSSR count). The van der Waals surface area contributed by atoms with Gasteiger partial charge in [-0.2, -0.15) is 0 Å². The Kier molecular flexibility index (Phi) is 28.6. The summed E-state index contributed by atoms with van der Waals surface area (Å²) in [5.74, 6) is 5.64. The van der Waals surface area contributed by atoms with Crippen molar-refractivity contribution in [2.24, 2.45) is 35.5 Å². The molecule has 0 bridgehead atoms. The van der Waals surface area contributed by atoms with Crippen LogP contribution in [0, 0.1) is 42.4 Å². The maximum atomic E-state index is 12.0. The van der Waals surface area contributed by atoms with E-state index in [0.29, 0.717) is 37.8 Å². The number of fused-ring (bicyclic) bond motifs is 1. The molecule has 0 atom stereocenters. The largest absolute Gasteiger partial charge is 1.00 e. The molecular formula is C46H79BClF3KN8O4S2+. The van der Waals surface area contributed by atoms with E-state index >= 15 is 0 Å². The molecule has 4 aliphatic rings. The minimum atomic E-state index is -3.53. The van der Waals surface area contributed by atoms with Crippen molar-refractivity contribution in [1.29, 1.82) is 0 Å². The van der Waals surface area contributed by atoms with E-state index in [1.165, 1.54) is 88.8 Å². The predicted octanol–water partition coefficient (Wildman–Crippen LogP) is 1.95. The summed E-state index contributed by atoms with van der Waals surface area (Å²) in [5, 5.41) is 3.37. The fourth-order valence-corrected chi connectivity index (χ4v) is 10.7. The number of hydrogen-bond acceptors (Lipinski definition) is 11. The average molecular weight is 1010 g/mol. The number of pyridine rings is 1. The van der Waals surface area contributed by atoms with E-state index in [4.69, 9.17) is 19.4 Å². The van der Waals surface area contributed by atoms with Crippen molar-refractivity contribution in [3.05, 3.63) is 22.7 Å². The van der Waals surface area contributed by atoms with Gasteiger partial charge in [0.05, 0.1) is 67.9 Å². The van der Waals surface area contributed by atoms with Crippen LogP contribution in [0.3, 0.4) is 0 Å².